The first-order valence-corrected chi connectivity index (χ1v) is 4.28. The largest absolute Gasteiger partial charge is 0.460 e. The summed E-state index contributed by atoms with van der Waals surface area (Å²) in [5.74, 6) is 1.97. The zero-order valence-corrected chi connectivity index (χ0v) is 7.93. The fraction of sp³-hybridized carbons (Fsp3) is 0.273. The van der Waals surface area contributed by atoms with Crippen LogP contribution in [0.4, 0.5) is 0 Å². The van der Waals surface area contributed by atoms with Crippen molar-refractivity contribution in [3.63, 3.8) is 0 Å². The van der Waals surface area contributed by atoms with E-state index in [9.17, 15) is 4.79 Å². The van der Waals surface area contributed by atoms with E-state index in [4.69, 9.17) is 11.2 Å². The number of rotatable bonds is 3. The van der Waals surface area contributed by atoms with Crippen molar-refractivity contribution in [1.82, 2.24) is 4.98 Å². The second-order valence-corrected chi connectivity index (χ2v) is 2.88. The minimum Gasteiger partial charge on any atom is -0.460 e. The van der Waals surface area contributed by atoms with Crippen LogP contribution in [0.25, 0.3) is 0 Å². The Labute approximate surface area is 83.1 Å². The van der Waals surface area contributed by atoms with Gasteiger partial charge in [0, 0.05) is 6.20 Å². The van der Waals surface area contributed by atoms with Crippen LogP contribution < -0.4 is 0 Å². The van der Waals surface area contributed by atoms with Crippen molar-refractivity contribution < 1.29 is 9.53 Å². The van der Waals surface area contributed by atoms with Gasteiger partial charge in [0.1, 0.15) is 12.3 Å². The highest BCUT2D eigenvalue weighted by Gasteiger charge is 2.08. The van der Waals surface area contributed by atoms with E-state index in [-0.39, 0.29) is 12.5 Å². The number of hydrogen-bond acceptors (Lipinski definition) is 3. The maximum atomic E-state index is 11.3. The Balaban J connectivity index is 2.49. The molecule has 3 nitrogen and oxygen atoms in total. The molecule has 0 amide bonds. The van der Waals surface area contributed by atoms with E-state index in [1.165, 1.54) is 0 Å². The lowest BCUT2D eigenvalue weighted by molar-refractivity contribution is 0.0469. The molecular formula is C11H11NO2. The van der Waals surface area contributed by atoms with Gasteiger partial charge in [-0.2, -0.15) is 0 Å². The lowest BCUT2D eigenvalue weighted by Crippen LogP contribution is -2.12. The molecule has 0 saturated carbocycles. The van der Waals surface area contributed by atoms with Crippen LogP contribution in [0.5, 0.6) is 0 Å². The zero-order chi connectivity index (χ0) is 10.4. The Morgan fingerprint density at radius 1 is 1.71 bits per heavy atom. The molecule has 1 heterocycles. The lowest BCUT2D eigenvalue weighted by Gasteiger charge is -2.05. The Morgan fingerprint density at radius 3 is 3.07 bits per heavy atom. The third-order valence-corrected chi connectivity index (χ3v) is 1.62. The molecule has 72 valence electrons. The molecule has 0 bridgehead atoms. The summed E-state index contributed by atoms with van der Waals surface area (Å²) in [6.45, 7) is 2.04. The van der Waals surface area contributed by atoms with Gasteiger partial charge in [-0.15, -0.1) is 12.3 Å². The lowest BCUT2D eigenvalue weighted by atomic mass is 10.2. The monoisotopic (exact) mass is 189 g/mol. The second-order valence-electron chi connectivity index (χ2n) is 2.88. The molecule has 0 aliphatic heterocycles. The van der Waals surface area contributed by atoms with Gasteiger partial charge < -0.3 is 4.74 Å². The summed E-state index contributed by atoms with van der Waals surface area (Å²) in [4.78, 5) is 15.2. The van der Waals surface area contributed by atoms with Crippen LogP contribution in [0.1, 0.15) is 17.4 Å². The third-order valence-electron chi connectivity index (χ3n) is 1.62. The Morgan fingerprint density at radius 2 is 2.50 bits per heavy atom. The van der Waals surface area contributed by atoms with Crippen LogP contribution in [-0.4, -0.2) is 17.6 Å². The smallest absolute Gasteiger partial charge is 0.356 e. The predicted octanol–water partition coefficient (Wildman–Crippen LogP) is 1.51. The van der Waals surface area contributed by atoms with E-state index in [0.717, 1.165) is 0 Å². The van der Waals surface area contributed by atoms with Crippen molar-refractivity contribution in [2.24, 2.45) is 5.92 Å². The summed E-state index contributed by atoms with van der Waals surface area (Å²) in [7, 11) is 0. The molecule has 0 radical (unpaired) electrons. The summed E-state index contributed by atoms with van der Waals surface area (Å²) in [5, 5.41) is 0. The minimum atomic E-state index is -0.437. The summed E-state index contributed by atoms with van der Waals surface area (Å²) in [6, 6.07) is 5.07. The van der Waals surface area contributed by atoms with Crippen molar-refractivity contribution in [2.75, 3.05) is 6.61 Å². The number of nitrogens with zero attached hydrogens (tertiary/aromatic N) is 1. The first-order valence-electron chi connectivity index (χ1n) is 4.28. The fourth-order valence-corrected chi connectivity index (χ4v) is 0.806. The highest BCUT2D eigenvalue weighted by molar-refractivity contribution is 5.87. The molecule has 1 atom stereocenters. The summed E-state index contributed by atoms with van der Waals surface area (Å²) >= 11 is 0. The first-order chi connectivity index (χ1) is 6.74. The van der Waals surface area contributed by atoms with Crippen LogP contribution in [-0.2, 0) is 4.74 Å². The number of pyridine rings is 1. The molecule has 1 rings (SSSR count). The molecule has 0 saturated heterocycles. The van der Waals surface area contributed by atoms with Crippen LogP contribution in [0.2, 0.25) is 0 Å². The van der Waals surface area contributed by atoms with Gasteiger partial charge in [0.25, 0.3) is 0 Å². The quantitative estimate of drug-likeness (QED) is 0.534. The molecule has 1 aromatic rings. The van der Waals surface area contributed by atoms with Crippen LogP contribution in [0.3, 0.4) is 0 Å². The Kier molecular flexibility index (Phi) is 3.69. The molecule has 3 heteroatoms. The van der Waals surface area contributed by atoms with Gasteiger partial charge in [-0.05, 0) is 19.1 Å². The van der Waals surface area contributed by atoms with Crippen molar-refractivity contribution in [2.45, 2.75) is 6.92 Å². The number of carbonyl (C=O) groups is 1. The van der Waals surface area contributed by atoms with Crippen LogP contribution in [0, 0.1) is 18.3 Å². The molecule has 14 heavy (non-hydrogen) atoms. The summed E-state index contributed by atoms with van der Waals surface area (Å²) in [6.07, 6.45) is 6.68. The molecule has 0 fully saturated rings. The SMILES string of the molecule is C#CC(C)COC(=O)c1ccccn1. The second kappa shape index (κ2) is 5.03. The van der Waals surface area contributed by atoms with Gasteiger partial charge in [-0.3, -0.25) is 0 Å². The highest BCUT2D eigenvalue weighted by atomic mass is 16.5. The normalized spacial score (nSPS) is 11.4. The molecular weight excluding hydrogens is 178 g/mol. The number of hydrogen-bond donors (Lipinski definition) is 0. The first kappa shape index (κ1) is 10.3. The predicted molar refractivity (Wildman–Crippen MR) is 52.5 cm³/mol. The maximum Gasteiger partial charge on any atom is 0.356 e. The van der Waals surface area contributed by atoms with Crippen LogP contribution >= 0.6 is 0 Å². The van der Waals surface area contributed by atoms with Gasteiger partial charge in [0.2, 0.25) is 0 Å². The van der Waals surface area contributed by atoms with Gasteiger partial charge in [-0.25, -0.2) is 9.78 Å². The molecule has 0 N–H and O–H groups in total. The van der Waals surface area contributed by atoms with Crippen LogP contribution in [0.15, 0.2) is 24.4 Å². The average Bonchev–Trinajstić information content (AvgIpc) is 2.26. The zero-order valence-electron chi connectivity index (χ0n) is 7.93. The van der Waals surface area contributed by atoms with E-state index >= 15 is 0 Å². The van der Waals surface area contributed by atoms with Gasteiger partial charge in [-0.1, -0.05) is 6.07 Å². The maximum absolute atomic E-state index is 11.3. The molecule has 0 aliphatic rings. The van der Waals surface area contributed by atoms with Crippen molar-refractivity contribution in [3.8, 4) is 12.3 Å². The standard InChI is InChI=1S/C11H11NO2/c1-3-9(2)8-14-11(13)10-6-4-5-7-12-10/h1,4-7,9H,8H2,2H3. The molecule has 0 aromatic carbocycles. The van der Waals surface area contributed by atoms with E-state index in [0.29, 0.717) is 5.69 Å². The van der Waals surface area contributed by atoms with Crippen molar-refractivity contribution in [3.05, 3.63) is 30.1 Å². The van der Waals surface area contributed by atoms with E-state index in [1.807, 2.05) is 6.92 Å². The third kappa shape index (κ3) is 2.91. The average molecular weight is 189 g/mol. The van der Waals surface area contributed by atoms with Gasteiger partial charge >= 0.3 is 5.97 Å². The topological polar surface area (TPSA) is 39.2 Å². The van der Waals surface area contributed by atoms with Crippen molar-refractivity contribution in [1.29, 1.82) is 0 Å². The summed E-state index contributed by atoms with van der Waals surface area (Å²) < 4.78 is 4.94. The van der Waals surface area contributed by atoms with Gasteiger partial charge in [0.15, 0.2) is 0 Å². The van der Waals surface area contributed by atoms with Crippen molar-refractivity contribution >= 4 is 5.97 Å². The van der Waals surface area contributed by atoms with E-state index in [1.54, 1.807) is 24.4 Å². The Hall–Kier alpha value is -1.82. The fourth-order valence-electron chi connectivity index (χ4n) is 0.806. The number of esters is 1. The number of ether oxygens (including phenoxy) is 1. The number of aromatic nitrogens is 1. The molecule has 1 unspecified atom stereocenters. The Bertz CT molecular complexity index is 340. The minimum absolute atomic E-state index is 0.0670. The number of terminal acetylenes is 1. The molecule has 1 aromatic heterocycles. The summed E-state index contributed by atoms with van der Waals surface area (Å²) in [5.41, 5.74) is 0.303. The van der Waals surface area contributed by atoms with E-state index < -0.39 is 5.97 Å². The van der Waals surface area contributed by atoms with E-state index in [2.05, 4.69) is 10.9 Å². The van der Waals surface area contributed by atoms with Gasteiger partial charge in [0.05, 0.1) is 5.92 Å². The molecule has 0 aliphatic carbocycles. The molecule has 0 spiro atoms. The highest BCUT2D eigenvalue weighted by Crippen LogP contribution is 1.99. The number of carbonyl (C=O) groups excluding carboxylic acids is 1.